The smallest absolute Gasteiger partial charge is 0.353 e. The second-order valence-corrected chi connectivity index (χ2v) is 7.68. The average molecular weight is 473 g/mol. The lowest BCUT2D eigenvalue weighted by atomic mass is 10.1. The van der Waals surface area contributed by atoms with E-state index in [2.05, 4.69) is 15.9 Å². The Bertz CT molecular complexity index is 1060. The Morgan fingerprint density at radius 2 is 1.72 bits per heavy atom. The molecule has 5 nitrogen and oxygen atoms in total. The minimum atomic E-state index is -0.500. The Morgan fingerprint density at radius 3 is 2.41 bits per heavy atom. The minimum Gasteiger partial charge on any atom is -0.493 e. The molecule has 3 aromatic rings. The van der Waals surface area contributed by atoms with Gasteiger partial charge in [0.1, 0.15) is 10.6 Å². The third-order valence-electron chi connectivity index (χ3n) is 3.97. The summed E-state index contributed by atoms with van der Waals surface area (Å²) < 4.78 is 16.6. The molecule has 0 N–H and O–H groups in total. The number of ketones is 1. The standard InChI is InChI=1S/C22H17BrO5S/c1-26-19-9-6-14(12-20(19)27-2)5-8-17(24)16-13-15(23)7-10-18(16)28-22(25)21-4-3-11-29-21/h3-13H,1-2H3. The number of ether oxygens (including phenoxy) is 3. The predicted molar refractivity (Wildman–Crippen MR) is 116 cm³/mol. The summed E-state index contributed by atoms with van der Waals surface area (Å²) in [4.78, 5) is 25.5. The van der Waals surface area contributed by atoms with E-state index < -0.39 is 5.97 Å². The van der Waals surface area contributed by atoms with Crippen LogP contribution in [0, 0.1) is 0 Å². The third kappa shape index (κ3) is 5.13. The summed E-state index contributed by atoms with van der Waals surface area (Å²) in [6, 6.07) is 13.7. The first-order valence-corrected chi connectivity index (χ1v) is 10.2. The van der Waals surface area contributed by atoms with E-state index in [1.54, 1.807) is 68.1 Å². The molecule has 0 fully saturated rings. The van der Waals surface area contributed by atoms with Crippen molar-refractivity contribution in [2.24, 2.45) is 0 Å². The largest absolute Gasteiger partial charge is 0.493 e. The van der Waals surface area contributed by atoms with Gasteiger partial charge < -0.3 is 14.2 Å². The lowest BCUT2D eigenvalue weighted by molar-refractivity contribution is 0.0738. The molecule has 0 spiro atoms. The molecule has 0 amide bonds. The van der Waals surface area contributed by atoms with Gasteiger partial charge >= 0.3 is 5.97 Å². The van der Waals surface area contributed by atoms with Gasteiger partial charge in [0.25, 0.3) is 0 Å². The quantitative estimate of drug-likeness (QED) is 0.192. The topological polar surface area (TPSA) is 61.8 Å². The maximum atomic E-state index is 12.8. The number of rotatable bonds is 7. The maximum absolute atomic E-state index is 12.8. The number of halogens is 1. The van der Waals surface area contributed by atoms with Crippen molar-refractivity contribution in [3.05, 3.63) is 80.5 Å². The summed E-state index contributed by atoms with van der Waals surface area (Å²) in [6.07, 6.45) is 3.08. The van der Waals surface area contributed by atoms with E-state index in [9.17, 15) is 9.59 Å². The highest BCUT2D eigenvalue weighted by molar-refractivity contribution is 9.10. The van der Waals surface area contributed by atoms with Crippen molar-refractivity contribution in [1.82, 2.24) is 0 Å². The zero-order chi connectivity index (χ0) is 20.8. The lowest BCUT2D eigenvalue weighted by Crippen LogP contribution is -2.09. The first-order valence-electron chi connectivity index (χ1n) is 8.51. The van der Waals surface area contributed by atoms with Gasteiger partial charge in [-0.2, -0.15) is 0 Å². The summed E-state index contributed by atoms with van der Waals surface area (Å²) in [7, 11) is 3.11. The fourth-order valence-electron chi connectivity index (χ4n) is 2.55. The Morgan fingerprint density at radius 1 is 0.966 bits per heavy atom. The van der Waals surface area contributed by atoms with Crippen LogP contribution in [0.5, 0.6) is 17.2 Å². The van der Waals surface area contributed by atoms with Crippen LogP contribution in [0.3, 0.4) is 0 Å². The van der Waals surface area contributed by atoms with E-state index in [1.807, 2.05) is 6.07 Å². The van der Waals surface area contributed by atoms with Crippen LogP contribution >= 0.6 is 27.3 Å². The Balaban J connectivity index is 1.84. The summed E-state index contributed by atoms with van der Waals surface area (Å²) in [5, 5.41) is 1.79. The van der Waals surface area contributed by atoms with Crippen LogP contribution < -0.4 is 14.2 Å². The maximum Gasteiger partial charge on any atom is 0.353 e. The second kappa shape index (κ2) is 9.54. The molecular weight excluding hydrogens is 456 g/mol. The lowest BCUT2D eigenvalue weighted by Gasteiger charge is -2.09. The van der Waals surface area contributed by atoms with Crippen LogP contribution in [0.15, 0.2) is 64.5 Å². The van der Waals surface area contributed by atoms with E-state index in [1.165, 1.54) is 17.4 Å². The highest BCUT2D eigenvalue weighted by Gasteiger charge is 2.16. The van der Waals surface area contributed by atoms with Crippen LogP contribution in [-0.2, 0) is 0 Å². The van der Waals surface area contributed by atoms with Crippen LogP contribution in [0.1, 0.15) is 25.6 Å². The minimum absolute atomic E-state index is 0.202. The molecule has 0 aliphatic rings. The van der Waals surface area contributed by atoms with Gasteiger partial charge in [-0.05, 0) is 53.4 Å². The molecule has 7 heteroatoms. The van der Waals surface area contributed by atoms with Gasteiger partial charge in [0.2, 0.25) is 0 Å². The van der Waals surface area contributed by atoms with E-state index in [0.717, 1.165) is 5.56 Å². The van der Waals surface area contributed by atoms with Crippen molar-refractivity contribution >= 4 is 45.1 Å². The van der Waals surface area contributed by atoms with Crippen LogP contribution in [0.4, 0.5) is 0 Å². The molecule has 0 radical (unpaired) electrons. The van der Waals surface area contributed by atoms with Crippen molar-refractivity contribution in [3.63, 3.8) is 0 Å². The molecule has 0 aliphatic heterocycles. The van der Waals surface area contributed by atoms with E-state index in [4.69, 9.17) is 14.2 Å². The zero-order valence-corrected chi connectivity index (χ0v) is 18.1. The van der Waals surface area contributed by atoms with E-state index >= 15 is 0 Å². The summed E-state index contributed by atoms with van der Waals surface area (Å²) in [5.74, 6) is 0.574. The molecule has 29 heavy (non-hydrogen) atoms. The van der Waals surface area contributed by atoms with Gasteiger partial charge in [0.15, 0.2) is 17.3 Å². The highest BCUT2D eigenvalue weighted by atomic mass is 79.9. The summed E-state index contributed by atoms with van der Waals surface area (Å²) >= 11 is 4.63. The normalized spacial score (nSPS) is 10.7. The number of allylic oxidation sites excluding steroid dienone is 1. The van der Waals surface area contributed by atoms with Crippen molar-refractivity contribution in [2.45, 2.75) is 0 Å². The molecule has 1 heterocycles. The zero-order valence-electron chi connectivity index (χ0n) is 15.7. The monoisotopic (exact) mass is 472 g/mol. The molecule has 2 aromatic carbocycles. The van der Waals surface area contributed by atoms with Crippen molar-refractivity contribution in [3.8, 4) is 17.2 Å². The van der Waals surface area contributed by atoms with Gasteiger partial charge in [-0.1, -0.05) is 34.1 Å². The van der Waals surface area contributed by atoms with Gasteiger partial charge in [-0.3, -0.25) is 4.79 Å². The molecule has 0 saturated heterocycles. The SMILES string of the molecule is COc1ccc(C=CC(=O)c2cc(Br)ccc2OC(=O)c2cccs2)cc1OC. The first-order chi connectivity index (χ1) is 14.0. The van der Waals surface area contributed by atoms with Crippen LogP contribution in [-0.4, -0.2) is 26.0 Å². The Labute approximate surface area is 180 Å². The fraction of sp³-hybridized carbons (Fsp3) is 0.0909. The number of thiophene rings is 1. The van der Waals surface area contributed by atoms with E-state index in [0.29, 0.717) is 20.8 Å². The van der Waals surface area contributed by atoms with Crippen molar-refractivity contribution in [1.29, 1.82) is 0 Å². The van der Waals surface area contributed by atoms with E-state index in [-0.39, 0.29) is 17.1 Å². The van der Waals surface area contributed by atoms with Gasteiger partial charge in [0, 0.05) is 4.47 Å². The van der Waals surface area contributed by atoms with Gasteiger partial charge in [0.05, 0.1) is 19.8 Å². The van der Waals surface area contributed by atoms with Gasteiger partial charge in [-0.15, -0.1) is 11.3 Å². The number of hydrogen-bond donors (Lipinski definition) is 0. The molecule has 1 aromatic heterocycles. The second-order valence-electron chi connectivity index (χ2n) is 5.82. The van der Waals surface area contributed by atoms with Crippen molar-refractivity contribution in [2.75, 3.05) is 14.2 Å². The number of carbonyl (C=O) groups is 2. The first kappa shape index (κ1) is 20.8. The molecular formula is C22H17BrO5S. The number of esters is 1. The van der Waals surface area contributed by atoms with Crippen molar-refractivity contribution < 1.29 is 23.8 Å². The summed E-state index contributed by atoms with van der Waals surface area (Å²) in [6.45, 7) is 0. The number of benzene rings is 2. The van der Waals surface area contributed by atoms with Crippen LogP contribution in [0.2, 0.25) is 0 Å². The number of methoxy groups -OCH3 is 2. The molecule has 0 aliphatic carbocycles. The molecule has 0 bridgehead atoms. The number of carbonyl (C=O) groups excluding carboxylic acids is 2. The van der Waals surface area contributed by atoms with Crippen LogP contribution in [0.25, 0.3) is 6.08 Å². The molecule has 0 saturated carbocycles. The fourth-order valence-corrected chi connectivity index (χ4v) is 3.51. The molecule has 0 atom stereocenters. The highest BCUT2D eigenvalue weighted by Crippen LogP contribution is 2.29. The predicted octanol–water partition coefficient (Wildman–Crippen LogP) is 5.64. The summed E-state index contributed by atoms with van der Waals surface area (Å²) in [5.41, 5.74) is 1.05. The third-order valence-corrected chi connectivity index (χ3v) is 5.31. The average Bonchev–Trinajstić information content (AvgIpc) is 3.28. The Hall–Kier alpha value is -2.90. The molecule has 0 unspecified atom stereocenters. The molecule has 148 valence electrons. The Kier molecular flexibility index (Phi) is 6.85. The molecule has 3 rings (SSSR count). The van der Waals surface area contributed by atoms with Gasteiger partial charge in [-0.25, -0.2) is 4.79 Å². The number of hydrogen-bond acceptors (Lipinski definition) is 6.